The molecule has 266 valence electrons. The number of fused-ring (bicyclic) bond motifs is 1. The molecule has 11 nitrogen and oxygen atoms in total. The molecule has 1 unspecified atom stereocenters. The third-order valence-electron chi connectivity index (χ3n) is 7.49. The molecule has 1 N–H and O–H groups in total. The number of carbonyl (C=O) groups is 2. The third kappa shape index (κ3) is 9.51. The zero-order valence-electron chi connectivity index (χ0n) is 28.8. The van der Waals surface area contributed by atoms with E-state index in [2.05, 4.69) is 20.4 Å². The Labute approximate surface area is 287 Å². The van der Waals surface area contributed by atoms with Crippen molar-refractivity contribution >= 4 is 28.9 Å². The number of guanidine groups is 1. The van der Waals surface area contributed by atoms with Gasteiger partial charge in [-0.15, -0.1) is 4.99 Å². The number of benzene rings is 3. The van der Waals surface area contributed by atoms with Crippen LogP contribution in [0.2, 0.25) is 0 Å². The van der Waals surface area contributed by atoms with E-state index in [-0.39, 0.29) is 30.4 Å². The molecule has 2 amide bonds. The summed E-state index contributed by atoms with van der Waals surface area (Å²) in [5.41, 5.74) is -1.38. The molecule has 0 bridgehead atoms. The van der Waals surface area contributed by atoms with Crippen LogP contribution in [-0.2, 0) is 22.1 Å². The van der Waals surface area contributed by atoms with Crippen LogP contribution in [0.1, 0.15) is 77.4 Å². The minimum Gasteiger partial charge on any atom is -0.493 e. The van der Waals surface area contributed by atoms with E-state index in [0.29, 0.717) is 36.5 Å². The highest BCUT2D eigenvalue weighted by Gasteiger charge is 2.36. The van der Waals surface area contributed by atoms with Crippen LogP contribution in [-0.4, -0.2) is 57.5 Å². The van der Waals surface area contributed by atoms with Gasteiger partial charge in [-0.05, 0) is 95.0 Å². The first kappa shape index (κ1) is 36.1. The molecule has 1 saturated heterocycles. The van der Waals surface area contributed by atoms with Crippen molar-refractivity contribution in [3.8, 4) is 17.1 Å². The summed E-state index contributed by atoms with van der Waals surface area (Å²) < 4.78 is 62.3. The Morgan fingerprint density at radius 1 is 0.960 bits per heavy atom. The SMILES string of the molecule is CC(C)(C)OC(=O)N=C(NC(=O)OC(C)(C)C)N1CCCC1c1nc(-c2ccc3cc(OCCc4ccccc4C(F)(F)F)ccc3c2)no1. The molecular weight excluding hydrogens is 655 g/mol. The summed E-state index contributed by atoms with van der Waals surface area (Å²) in [6.45, 7) is 10.8. The van der Waals surface area contributed by atoms with Gasteiger partial charge in [-0.1, -0.05) is 41.6 Å². The molecule has 0 saturated carbocycles. The lowest BCUT2D eigenvalue weighted by Crippen LogP contribution is -2.46. The van der Waals surface area contributed by atoms with Crippen LogP contribution in [0.5, 0.6) is 5.75 Å². The number of carbonyl (C=O) groups excluding carboxylic acids is 2. The number of amides is 2. The fraction of sp³-hybridized carbons (Fsp3) is 0.417. The second kappa shape index (κ2) is 14.4. The average Bonchev–Trinajstić information content (AvgIpc) is 3.69. The van der Waals surface area contributed by atoms with Crippen molar-refractivity contribution < 1.29 is 41.5 Å². The second-order valence-corrected chi connectivity index (χ2v) is 13.8. The normalized spacial score (nSPS) is 15.7. The number of nitrogens with zero attached hydrogens (tertiary/aromatic N) is 4. The molecule has 2 heterocycles. The number of likely N-dealkylation sites (tertiary alicyclic amines) is 1. The molecule has 0 radical (unpaired) electrons. The molecule has 3 aromatic carbocycles. The van der Waals surface area contributed by atoms with Gasteiger partial charge in [0.05, 0.1) is 12.2 Å². The molecule has 1 aliphatic rings. The molecule has 5 rings (SSSR count). The number of halogens is 3. The zero-order valence-corrected chi connectivity index (χ0v) is 28.8. The Morgan fingerprint density at radius 2 is 1.66 bits per heavy atom. The maximum absolute atomic E-state index is 13.3. The summed E-state index contributed by atoms with van der Waals surface area (Å²) in [6.07, 6.45) is -4.69. The minimum absolute atomic E-state index is 0.0518. The van der Waals surface area contributed by atoms with Crippen molar-refractivity contribution in [3.05, 3.63) is 77.7 Å². The first-order chi connectivity index (χ1) is 23.4. The number of nitrogens with one attached hydrogen (secondary N) is 1. The van der Waals surface area contributed by atoms with Gasteiger partial charge in [0.1, 0.15) is 23.0 Å². The minimum atomic E-state index is -4.43. The van der Waals surface area contributed by atoms with Crippen LogP contribution in [0.25, 0.3) is 22.2 Å². The fourth-order valence-electron chi connectivity index (χ4n) is 5.44. The van der Waals surface area contributed by atoms with Gasteiger partial charge in [0.2, 0.25) is 17.7 Å². The lowest BCUT2D eigenvalue weighted by molar-refractivity contribution is -0.138. The van der Waals surface area contributed by atoms with Crippen LogP contribution in [0, 0.1) is 0 Å². The van der Waals surface area contributed by atoms with E-state index >= 15 is 0 Å². The molecule has 1 aliphatic heterocycles. The van der Waals surface area contributed by atoms with Crippen molar-refractivity contribution in [3.63, 3.8) is 0 Å². The lowest BCUT2D eigenvalue weighted by Gasteiger charge is -2.27. The number of alkyl halides is 3. The van der Waals surface area contributed by atoms with Crippen molar-refractivity contribution in [2.75, 3.05) is 13.2 Å². The Balaban J connectivity index is 1.30. The van der Waals surface area contributed by atoms with E-state index in [9.17, 15) is 22.8 Å². The summed E-state index contributed by atoms with van der Waals surface area (Å²) in [6, 6.07) is 16.0. The molecule has 1 fully saturated rings. The summed E-state index contributed by atoms with van der Waals surface area (Å²) >= 11 is 0. The number of hydrogen-bond acceptors (Lipinski definition) is 8. The topological polar surface area (TPSA) is 128 Å². The van der Waals surface area contributed by atoms with Crippen LogP contribution in [0.3, 0.4) is 0 Å². The smallest absolute Gasteiger partial charge is 0.437 e. The number of aromatic nitrogens is 2. The van der Waals surface area contributed by atoms with E-state index in [1.807, 2.05) is 30.3 Å². The van der Waals surface area contributed by atoms with Crippen LogP contribution < -0.4 is 10.1 Å². The van der Waals surface area contributed by atoms with E-state index in [0.717, 1.165) is 16.8 Å². The largest absolute Gasteiger partial charge is 0.493 e. The molecule has 50 heavy (non-hydrogen) atoms. The maximum Gasteiger partial charge on any atom is 0.437 e. The highest BCUT2D eigenvalue weighted by Crippen LogP contribution is 2.34. The number of aliphatic imine (C=N–C) groups is 1. The van der Waals surface area contributed by atoms with Gasteiger partial charge in [-0.2, -0.15) is 18.2 Å². The number of hydrogen-bond donors (Lipinski definition) is 1. The van der Waals surface area contributed by atoms with Crippen molar-refractivity contribution in [2.45, 2.75) is 84.2 Å². The molecule has 4 aromatic rings. The molecule has 1 aromatic heterocycles. The first-order valence-electron chi connectivity index (χ1n) is 16.2. The maximum atomic E-state index is 13.3. The van der Waals surface area contributed by atoms with E-state index in [1.165, 1.54) is 12.1 Å². The van der Waals surface area contributed by atoms with E-state index in [1.54, 1.807) is 58.6 Å². The Kier molecular flexibility index (Phi) is 10.4. The quantitative estimate of drug-likeness (QED) is 0.156. The van der Waals surface area contributed by atoms with Crippen molar-refractivity contribution in [1.29, 1.82) is 0 Å². The highest BCUT2D eigenvalue weighted by molar-refractivity contribution is 5.99. The Hall–Kier alpha value is -5.14. The summed E-state index contributed by atoms with van der Waals surface area (Å²) in [7, 11) is 0. The zero-order chi connectivity index (χ0) is 36.3. The number of ether oxygens (including phenoxy) is 3. The van der Waals surface area contributed by atoms with Gasteiger partial charge in [0, 0.05) is 18.5 Å². The number of rotatable bonds is 6. The van der Waals surface area contributed by atoms with E-state index in [4.69, 9.17) is 18.7 Å². The second-order valence-electron chi connectivity index (χ2n) is 13.8. The van der Waals surface area contributed by atoms with Crippen molar-refractivity contribution in [1.82, 2.24) is 20.4 Å². The Bertz CT molecular complexity index is 1880. The summed E-state index contributed by atoms with van der Waals surface area (Å²) in [5, 5.41) is 8.50. The number of alkyl carbamates (subject to hydrolysis) is 1. The van der Waals surface area contributed by atoms with Gasteiger partial charge < -0.3 is 23.6 Å². The van der Waals surface area contributed by atoms with Crippen molar-refractivity contribution in [2.24, 2.45) is 4.99 Å². The Morgan fingerprint density at radius 3 is 2.38 bits per heavy atom. The van der Waals surface area contributed by atoms with Gasteiger partial charge in [-0.3, -0.25) is 5.32 Å². The summed E-state index contributed by atoms with van der Waals surface area (Å²) in [5.74, 6) is 1.09. The fourth-order valence-corrected chi connectivity index (χ4v) is 5.44. The average molecular weight is 696 g/mol. The van der Waals surface area contributed by atoms with E-state index < -0.39 is 41.2 Å². The molecular formula is C36H40F3N5O6. The van der Waals surface area contributed by atoms with Gasteiger partial charge in [0.15, 0.2) is 0 Å². The predicted molar refractivity (Wildman–Crippen MR) is 180 cm³/mol. The summed E-state index contributed by atoms with van der Waals surface area (Å²) in [4.78, 5) is 35.8. The predicted octanol–water partition coefficient (Wildman–Crippen LogP) is 8.48. The monoisotopic (exact) mass is 695 g/mol. The molecule has 0 spiro atoms. The van der Waals surface area contributed by atoms with Crippen LogP contribution >= 0.6 is 0 Å². The van der Waals surface area contributed by atoms with Crippen LogP contribution in [0.15, 0.2) is 70.2 Å². The standard InChI is InChI=1S/C36H40F3N5O6/c1-34(2,3)48-32(45)41-31(42-33(46)49-35(4,5)6)44-18-9-12-28(44)30-40-29(43-50-30)25-14-13-24-21-26(16-15-23(24)20-25)47-19-17-22-10-7-8-11-27(22)36(37,38)39/h7-8,10-11,13-16,20-21,28H,9,12,17-19H2,1-6H3,(H,41,42,45,46). The van der Waals surface area contributed by atoms with Crippen LogP contribution in [0.4, 0.5) is 22.8 Å². The highest BCUT2D eigenvalue weighted by atomic mass is 19.4. The molecule has 14 heteroatoms. The van der Waals surface area contributed by atoms with Gasteiger partial charge >= 0.3 is 18.4 Å². The molecule has 1 atom stereocenters. The molecule has 0 aliphatic carbocycles. The lowest BCUT2D eigenvalue weighted by atomic mass is 10.0. The third-order valence-corrected chi connectivity index (χ3v) is 7.49. The first-order valence-corrected chi connectivity index (χ1v) is 16.2. The van der Waals surface area contributed by atoms with Gasteiger partial charge in [0.25, 0.3) is 0 Å². The van der Waals surface area contributed by atoms with Gasteiger partial charge in [-0.25, -0.2) is 9.59 Å².